The normalized spacial score (nSPS) is 22.5. The Morgan fingerprint density at radius 3 is 2.67 bits per heavy atom. The highest BCUT2D eigenvalue weighted by molar-refractivity contribution is 4.68. The molecule has 1 heterocycles. The molecule has 1 saturated heterocycles. The van der Waals surface area contributed by atoms with Gasteiger partial charge in [0.05, 0.1) is 6.10 Å². The maximum absolute atomic E-state index is 9.07. The number of aliphatic hydroxyl groups is 1. The van der Waals surface area contributed by atoms with E-state index >= 15 is 0 Å². The zero-order chi connectivity index (χ0) is 8.81. The summed E-state index contributed by atoms with van der Waals surface area (Å²) in [5.41, 5.74) is 0. The van der Waals surface area contributed by atoms with E-state index in [0.29, 0.717) is 0 Å². The van der Waals surface area contributed by atoms with Crippen molar-refractivity contribution in [3.05, 3.63) is 0 Å². The fourth-order valence-electron chi connectivity index (χ4n) is 1.87. The van der Waals surface area contributed by atoms with E-state index in [0.717, 1.165) is 12.3 Å². The molecule has 2 N–H and O–H groups in total. The van der Waals surface area contributed by atoms with Gasteiger partial charge in [-0.25, -0.2) is 0 Å². The molecular formula is C10H21NO. The molecule has 0 amide bonds. The van der Waals surface area contributed by atoms with Crippen molar-refractivity contribution in [2.75, 3.05) is 13.1 Å². The number of rotatable bonds is 4. The summed E-state index contributed by atoms with van der Waals surface area (Å²) in [4.78, 5) is 0. The van der Waals surface area contributed by atoms with Crippen molar-refractivity contribution in [1.29, 1.82) is 0 Å². The van der Waals surface area contributed by atoms with Gasteiger partial charge in [0, 0.05) is 0 Å². The Morgan fingerprint density at radius 2 is 2.08 bits per heavy atom. The molecule has 2 nitrogen and oxygen atoms in total. The lowest BCUT2D eigenvalue weighted by Crippen LogP contribution is -2.27. The van der Waals surface area contributed by atoms with E-state index in [4.69, 9.17) is 5.11 Å². The van der Waals surface area contributed by atoms with Gasteiger partial charge >= 0.3 is 0 Å². The van der Waals surface area contributed by atoms with Crippen LogP contribution < -0.4 is 5.32 Å². The van der Waals surface area contributed by atoms with Crippen molar-refractivity contribution >= 4 is 0 Å². The number of hydrogen-bond acceptors (Lipinski definition) is 2. The van der Waals surface area contributed by atoms with Crippen molar-refractivity contribution in [1.82, 2.24) is 5.32 Å². The summed E-state index contributed by atoms with van der Waals surface area (Å²) in [7, 11) is 0. The summed E-state index contributed by atoms with van der Waals surface area (Å²) in [6.07, 6.45) is 6.05. The maximum Gasteiger partial charge on any atom is 0.0512 e. The van der Waals surface area contributed by atoms with Crippen LogP contribution in [-0.4, -0.2) is 24.3 Å². The van der Waals surface area contributed by atoms with E-state index in [1.54, 1.807) is 0 Å². The van der Waals surface area contributed by atoms with Gasteiger partial charge in [-0.3, -0.25) is 0 Å². The summed E-state index contributed by atoms with van der Waals surface area (Å²) in [6.45, 7) is 4.26. The molecule has 1 rings (SSSR count). The highest BCUT2D eigenvalue weighted by Gasteiger charge is 2.12. The van der Waals surface area contributed by atoms with Crippen LogP contribution in [0.4, 0.5) is 0 Å². The van der Waals surface area contributed by atoms with Gasteiger partial charge in [-0.05, 0) is 45.2 Å². The first kappa shape index (κ1) is 10.0. The molecule has 0 aromatic rings. The van der Waals surface area contributed by atoms with Crippen LogP contribution in [0.5, 0.6) is 0 Å². The van der Waals surface area contributed by atoms with E-state index in [9.17, 15) is 0 Å². The van der Waals surface area contributed by atoms with Crippen molar-refractivity contribution in [2.24, 2.45) is 5.92 Å². The van der Waals surface area contributed by atoms with Gasteiger partial charge in [-0.1, -0.05) is 12.8 Å². The van der Waals surface area contributed by atoms with Gasteiger partial charge < -0.3 is 10.4 Å². The molecule has 72 valence electrons. The van der Waals surface area contributed by atoms with Gasteiger partial charge in [0.1, 0.15) is 0 Å². The van der Waals surface area contributed by atoms with Crippen LogP contribution >= 0.6 is 0 Å². The first-order valence-corrected chi connectivity index (χ1v) is 5.18. The van der Waals surface area contributed by atoms with Crippen LogP contribution in [0.25, 0.3) is 0 Å². The fraction of sp³-hybridized carbons (Fsp3) is 1.00. The van der Waals surface area contributed by atoms with Crippen LogP contribution in [0.15, 0.2) is 0 Å². The monoisotopic (exact) mass is 171 g/mol. The van der Waals surface area contributed by atoms with Gasteiger partial charge in [-0.2, -0.15) is 0 Å². The van der Waals surface area contributed by atoms with Crippen LogP contribution in [0.1, 0.15) is 39.0 Å². The van der Waals surface area contributed by atoms with Gasteiger partial charge in [-0.15, -0.1) is 0 Å². The second kappa shape index (κ2) is 5.55. The molecule has 1 aliphatic heterocycles. The zero-order valence-electron chi connectivity index (χ0n) is 8.05. The molecule has 0 spiro atoms. The minimum absolute atomic E-state index is 0.105. The Balaban J connectivity index is 1.98. The second-order valence-electron chi connectivity index (χ2n) is 3.97. The molecule has 0 aliphatic carbocycles. The van der Waals surface area contributed by atoms with E-state index in [1.807, 2.05) is 6.92 Å². The number of aliphatic hydroxyl groups excluding tert-OH is 1. The Bertz CT molecular complexity index is 108. The molecule has 2 heteroatoms. The summed E-state index contributed by atoms with van der Waals surface area (Å²) >= 11 is 0. The van der Waals surface area contributed by atoms with Crippen LogP contribution in [-0.2, 0) is 0 Å². The molecule has 1 fully saturated rings. The van der Waals surface area contributed by atoms with Gasteiger partial charge in [0.2, 0.25) is 0 Å². The largest absolute Gasteiger partial charge is 0.393 e. The third kappa shape index (κ3) is 4.07. The molecule has 1 unspecified atom stereocenters. The smallest absolute Gasteiger partial charge is 0.0512 e. The minimum atomic E-state index is -0.105. The van der Waals surface area contributed by atoms with Crippen molar-refractivity contribution < 1.29 is 5.11 Å². The molecule has 1 atom stereocenters. The summed E-state index contributed by atoms with van der Waals surface area (Å²) in [5.74, 6) is 0.921. The number of piperidine rings is 1. The van der Waals surface area contributed by atoms with Gasteiger partial charge in [0.15, 0.2) is 0 Å². The quantitative estimate of drug-likeness (QED) is 0.672. The molecule has 1 aliphatic rings. The Hall–Kier alpha value is -0.0800. The van der Waals surface area contributed by atoms with Crippen molar-refractivity contribution in [2.45, 2.75) is 45.1 Å². The fourth-order valence-corrected chi connectivity index (χ4v) is 1.87. The minimum Gasteiger partial charge on any atom is -0.393 e. The summed E-state index contributed by atoms with van der Waals surface area (Å²) < 4.78 is 0. The van der Waals surface area contributed by atoms with Crippen LogP contribution in [0.2, 0.25) is 0 Å². The predicted molar refractivity (Wildman–Crippen MR) is 51.1 cm³/mol. The molecular weight excluding hydrogens is 150 g/mol. The molecule has 0 radical (unpaired) electrons. The Morgan fingerprint density at radius 1 is 1.42 bits per heavy atom. The summed E-state index contributed by atoms with van der Waals surface area (Å²) in [5, 5.41) is 12.4. The lowest BCUT2D eigenvalue weighted by atomic mass is 9.92. The first-order chi connectivity index (χ1) is 5.79. The highest BCUT2D eigenvalue weighted by atomic mass is 16.3. The highest BCUT2D eigenvalue weighted by Crippen LogP contribution is 2.18. The average molecular weight is 171 g/mol. The second-order valence-corrected chi connectivity index (χ2v) is 3.97. The zero-order valence-corrected chi connectivity index (χ0v) is 8.05. The standard InChI is InChI=1S/C10H21NO/c1-9(12)3-2-4-10-5-7-11-8-6-10/h9-12H,2-8H2,1H3. The van der Waals surface area contributed by atoms with E-state index in [1.165, 1.54) is 38.8 Å². The molecule has 12 heavy (non-hydrogen) atoms. The van der Waals surface area contributed by atoms with Gasteiger partial charge in [0.25, 0.3) is 0 Å². The lowest BCUT2D eigenvalue weighted by Gasteiger charge is -2.22. The van der Waals surface area contributed by atoms with Crippen LogP contribution in [0.3, 0.4) is 0 Å². The third-order valence-electron chi connectivity index (χ3n) is 2.69. The van der Waals surface area contributed by atoms with E-state index in [-0.39, 0.29) is 6.10 Å². The number of nitrogens with one attached hydrogen (secondary N) is 1. The first-order valence-electron chi connectivity index (χ1n) is 5.18. The lowest BCUT2D eigenvalue weighted by molar-refractivity contribution is 0.176. The Kier molecular flexibility index (Phi) is 4.62. The topological polar surface area (TPSA) is 32.3 Å². The molecule has 0 aromatic heterocycles. The van der Waals surface area contributed by atoms with E-state index < -0.39 is 0 Å². The summed E-state index contributed by atoms with van der Waals surface area (Å²) in [6, 6.07) is 0. The predicted octanol–water partition coefficient (Wildman–Crippen LogP) is 1.54. The average Bonchev–Trinajstić information content (AvgIpc) is 2.05. The van der Waals surface area contributed by atoms with E-state index in [2.05, 4.69) is 5.32 Å². The molecule has 0 bridgehead atoms. The molecule has 0 saturated carbocycles. The molecule has 0 aromatic carbocycles. The maximum atomic E-state index is 9.07. The van der Waals surface area contributed by atoms with Crippen LogP contribution in [0, 0.1) is 5.92 Å². The number of hydrogen-bond donors (Lipinski definition) is 2. The Labute approximate surface area is 75.4 Å². The van der Waals surface area contributed by atoms with Crippen molar-refractivity contribution in [3.63, 3.8) is 0 Å². The third-order valence-corrected chi connectivity index (χ3v) is 2.69. The SMILES string of the molecule is CC(O)CCCC1CCNCC1. The van der Waals surface area contributed by atoms with Crippen molar-refractivity contribution in [3.8, 4) is 0 Å².